The van der Waals surface area contributed by atoms with Crippen molar-refractivity contribution >= 4 is 107 Å². The predicted octanol–water partition coefficient (Wildman–Crippen LogP) is 23.6. The van der Waals surface area contributed by atoms with E-state index in [4.69, 9.17) is 8.83 Å². The molecular formula is C87H94BN3O2. The van der Waals surface area contributed by atoms with Crippen LogP contribution in [0.15, 0.2) is 160 Å². The summed E-state index contributed by atoms with van der Waals surface area (Å²) in [6, 6.07) is 59.9. The van der Waals surface area contributed by atoms with Gasteiger partial charge < -0.3 is 23.4 Å². The van der Waals surface area contributed by atoms with Crippen molar-refractivity contribution in [3.63, 3.8) is 0 Å². The third kappa shape index (κ3) is 9.05. The molecule has 0 radical (unpaired) electrons. The third-order valence-corrected chi connectivity index (χ3v) is 23.9. The summed E-state index contributed by atoms with van der Waals surface area (Å²) in [5.41, 5.74) is 30.2. The minimum Gasteiger partial charge on any atom is -0.456 e. The second-order valence-corrected chi connectivity index (χ2v) is 35.0. The highest BCUT2D eigenvalue weighted by Crippen LogP contribution is 2.57. The van der Waals surface area contributed by atoms with Crippen molar-refractivity contribution < 1.29 is 8.83 Å². The van der Waals surface area contributed by atoms with Crippen LogP contribution in [-0.4, -0.2) is 6.85 Å². The van der Waals surface area contributed by atoms with Crippen molar-refractivity contribution in [2.75, 3.05) is 14.6 Å². The zero-order valence-electron chi connectivity index (χ0n) is 58.9. The molecule has 0 fully saturated rings. The minimum absolute atomic E-state index is 0.00115. The molecule has 4 heterocycles. The summed E-state index contributed by atoms with van der Waals surface area (Å²) in [5.74, 6) is 0. The van der Waals surface area contributed by atoms with Gasteiger partial charge in [0.05, 0.1) is 5.69 Å². The molecule has 0 unspecified atom stereocenters. The molecule has 2 aliphatic heterocycles. The van der Waals surface area contributed by atoms with Crippen molar-refractivity contribution in [3.05, 3.63) is 202 Å². The Morgan fingerprint density at radius 3 is 1.49 bits per heavy atom. The molecular weight excluding hydrogens is 1130 g/mol. The monoisotopic (exact) mass is 1220 g/mol. The van der Waals surface area contributed by atoms with Crippen molar-refractivity contribution in [3.8, 4) is 11.1 Å². The number of furan rings is 2. The first-order valence-corrected chi connectivity index (χ1v) is 34.8. The number of hydrogen-bond acceptors (Lipinski definition) is 5. The molecule has 5 aliphatic rings. The van der Waals surface area contributed by atoms with Gasteiger partial charge in [-0.05, 0) is 252 Å². The van der Waals surface area contributed by atoms with E-state index in [1.807, 2.05) is 0 Å². The Labute approximate surface area is 553 Å². The van der Waals surface area contributed by atoms with E-state index in [1.54, 1.807) is 0 Å². The number of fused-ring (bicyclic) bond motifs is 14. The number of hydrogen-bond donors (Lipinski definition) is 0. The van der Waals surface area contributed by atoms with E-state index >= 15 is 0 Å². The Balaban J connectivity index is 1.05. The Hall–Kier alpha value is -7.96. The van der Waals surface area contributed by atoms with E-state index in [0.29, 0.717) is 0 Å². The van der Waals surface area contributed by atoms with Crippen LogP contribution in [0, 0.1) is 6.92 Å². The number of rotatable bonds is 5. The summed E-state index contributed by atoms with van der Waals surface area (Å²) >= 11 is 0. The first kappa shape index (κ1) is 60.0. The van der Waals surface area contributed by atoms with E-state index < -0.39 is 0 Å². The molecule has 16 rings (SSSR count). The lowest BCUT2D eigenvalue weighted by Crippen LogP contribution is -2.61. The molecule has 0 saturated carbocycles. The van der Waals surface area contributed by atoms with Gasteiger partial charge in [0.15, 0.2) is 5.58 Å². The van der Waals surface area contributed by atoms with Crippen LogP contribution in [0.2, 0.25) is 0 Å². The highest BCUT2D eigenvalue weighted by Gasteiger charge is 2.50. The summed E-state index contributed by atoms with van der Waals surface area (Å²) in [7, 11) is 0. The number of benzene rings is 9. The largest absolute Gasteiger partial charge is 0.456 e. The molecule has 3 aliphatic carbocycles. The predicted molar refractivity (Wildman–Crippen MR) is 397 cm³/mol. The lowest BCUT2D eigenvalue weighted by atomic mass is 9.43. The average molecular weight is 1220 g/mol. The van der Waals surface area contributed by atoms with Crippen LogP contribution >= 0.6 is 0 Å². The smallest absolute Gasteiger partial charge is 0.333 e. The summed E-state index contributed by atoms with van der Waals surface area (Å²) < 4.78 is 15.0. The van der Waals surface area contributed by atoms with Crippen molar-refractivity contribution in [2.24, 2.45) is 0 Å². The van der Waals surface area contributed by atoms with Crippen LogP contribution in [0.25, 0.3) is 55.0 Å². The first-order chi connectivity index (χ1) is 43.7. The summed E-state index contributed by atoms with van der Waals surface area (Å²) in [6.45, 7) is 45.3. The van der Waals surface area contributed by atoms with Crippen molar-refractivity contribution in [2.45, 2.75) is 213 Å². The Morgan fingerprint density at radius 2 is 0.903 bits per heavy atom. The highest BCUT2D eigenvalue weighted by atomic mass is 16.3. The van der Waals surface area contributed by atoms with Gasteiger partial charge in [-0.3, -0.25) is 0 Å². The van der Waals surface area contributed by atoms with Crippen molar-refractivity contribution in [1.29, 1.82) is 0 Å². The van der Waals surface area contributed by atoms with Crippen LogP contribution in [0.5, 0.6) is 0 Å². The van der Waals surface area contributed by atoms with Gasteiger partial charge in [-0.2, -0.15) is 0 Å². The van der Waals surface area contributed by atoms with E-state index in [1.165, 1.54) is 94.6 Å². The Morgan fingerprint density at radius 1 is 0.398 bits per heavy atom. The van der Waals surface area contributed by atoms with Gasteiger partial charge in [0, 0.05) is 66.9 Å². The Bertz CT molecular complexity index is 4910. The molecule has 0 amide bonds. The fourth-order valence-electron chi connectivity index (χ4n) is 17.5. The van der Waals surface area contributed by atoms with E-state index in [0.717, 1.165) is 105 Å². The van der Waals surface area contributed by atoms with Gasteiger partial charge in [-0.1, -0.05) is 179 Å². The molecule has 0 bridgehead atoms. The Kier molecular flexibility index (Phi) is 12.6. The van der Waals surface area contributed by atoms with Crippen LogP contribution in [0.3, 0.4) is 0 Å². The zero-order chi connectivity index (χ0) is 65.4. The van der Waals surface area contributed by atoms with Crippen molar-refractivity contribution in [1.82, 2.24) is 0 Å². The molecule has 93 heavy (non-hydrogen) atoms. The van der Waals surface area contributed by atoms with E-state index in [-0.39, 0.29) is 50.2 Å². The van der Waals surface area contributed by atoms with Crippen LogP contribution in [-0.2, 0) is 43.3 Å². The summed E-state index contributed by atoms with van der Waals surface area (Å²) in [5, 5.41) is 4.55. The number of aryl methyl sites for hydroxylation is 1. The maximum absolute atomic E-state index is 7.57. The van der Waals surface area contributed by atoms with Gasteiger partial charge in [0.25, 0.3) is 0 Å². The highest BCUT2D eigenvalue weighted by molar-refractivity contribution is 6.94. The lowest BCUT2D eigenvalue weighted by Gasteiger charge is -2.47. The van der Waals surface area contributed by atoms with E-state index in [2.05, 4.69) is 298 Å². The molecule has 0 atom stereocenters. The van der Waals surface area contributed by atoms with Gasteiger partial charge >= 0.3 is 6.85 Å². The minimum atomic E-state index is -0.307. The normalized spacial score (nSPS) is 18.7. The first-order valence-electron chi connectivity index (χ1n) is 34.8. The number of para-hydroxylation sites is 1. The quantitative estimate of drug-likeness (QED) is 0.161. The molecule has 0 N–H and O–H groups in total. The SMILES string of the molecule is Cc1cc2c(cc1N1c3cc4c(cc3B3c5c(cc6c(oc7ccccc76)c51)-c1cc(N(c5ccc(C(C)(C)C)cc5)c5ccc(C(C)(C)C)cc5)ccc1N3c1ccc3c(c1)C(C)(C)CCC3(C)C)oc1cc3c(cc14)C(C)(C)CCC3(C)C)C(C)(C)CCC2(C)C. The molecule has 6 heteroatoms. The third-order valence-electron chi connectivity index (χ3n) is 23.9. The zero-order valence-corrected chi connectivity index (χ0v) is 58.9. The van der Waals surface area contributed by atoms with Crippen LogP contribution in [0.1, 0.15) is 213 Å². The molecule has 9 aromatic carbocycles. The second-order valence-electron chi connectivity index (χ2n) is 35.0. The topological polar surface area (TPSA) is 36.0 Å². The van der Waals surface area contributed by atoms with Crippen LogP contribution in [0.4, 0.5) is 45.5 Å². The molecule has 0 saturated heterocycles. The van der Waals surface area contributed by atoms with Gasteiger partial charge in [-0.15, -0.1) is 0 Å². The maximum Gasteiger partial charge on any atom is 0.333 e. The molecule has 5 nitrogen and oxygen atoms in total. The van der Waals surface area contributed by atoms with E-state index in [9.17, 15) is 0 Å². The van der Waals surface area contributed by atoms with Gasteiger partial charge in [-0.25, -0.2) is 0 Å². The molecule has 11 aromatic rings. The number of nitrogens with zero attached hydrogens (tertiary/aromatic N) is 3. The summed E-state index contributed by atoms with van der Waals surface area (Å²) in [4.78, 5) is 7.90. The number of anilines is 8. The maximum atomic E-state index is 7.57. The molecule has 472 valence electrons. The molecule has 2 aromatic heterocycles. The van der Waals surface area contributed by atoms with Crippen LogP contribution < -0.4 is 25.5 Å². The van der Waals surface area contributed by atoms with Gasteiger partial charge in [0.2, 0.25) is 0 Å². The average Bonchev–Trinajstić information content (AvgIpc) is 1.64. The fraction of sp³-hybridized carbons (Fsp3) is 0.379. The molecule has 0 spiro atoms. The second kappa shape index (κ2) is 19.6. The van der Waals surface area contributed by atoms with Gasteiger partial charge in [0.1, 0.15) is 16.7 Å². The standard InChI is InChI=1S/C87H94BN3O2/c1-51-42-65-68(86(16,17)40-38-83(65,10)11)48-72(51)90-73-47-61-60-46-67-69(87(18,19)41-39-85(67,14)15)49-75(60)92-76(61)50-70(73)88-77-62(45-63-58-22-20-21-23-74(58)93-79(63)78(77)90)59-43-56(33-35-71(59)91(88)57-32-34-64-66(44-57)84(12,13)37-36-82(64,8)9)89(54-28-24-52(25-29-54)80(2,3)4)55-30-26-53(27-31-55)81(5,6)7/h20-35,42-50H,36-41H2,1-19H3. The lowest BCUT2D eigenvalue weighted by molar-refractivity contribution is 0.332. The fourth-order valence-corrected chi connectivity index (χ4v) is 17.5. The summed E-state index contributed by atoms with van der Waals surface area (Å²) in [6.07, 6.45) is 6.80.